The first-order valence-electron chi connectivity index (χ1n) is 6.66. The minimum Gasteiger partial charge on any atom is -0.456 e. The molecule has 0 fully saturated rings. The van der Waals surface area contributed by atoms with Crippen molar-refractivity contribution in [3.05, 3.63) is 57.8 Å². The van der Waals surface area contributed by atoms with Crippen LogP contribution in [0.25, 0.3) is 0 Å². The Bertz CT molecular complexity index is 634. The maximum atomic E-state index is 13.1. The summed E-state index contributed by atoms with van der Waals surface area (Å²) in [6.07, 6.45) is 1.67. The first kappa shape index (κ1) is 16.1. The van der Waals surface area contributed by atoms with E-state index in [1.54, 1.807) is 6.07 Å². The molecular formula is C16H16Cl2FNO. The van der Waals surface area contributed by atoms with Crippen LogP contribution in [-0.4, -0.2) is 6.04 Å². The molecule has 112 valence electrons. The van der Waals surface area contributed by atoms with Crippen LogP contribution in [0.2, 0.25) is 10.0 Å². The van der Waals surface area contributed by atoms with E-state index in [0.29, 0.717) is 16.5 Å². The maximum absolute atomic E-state index is 13.1. The number of ether oxygens (including phenoxy) is 1. The zero-order valence-corrected chi connectivity index (χ0v) is 13.1. The van der Waals surface area contributed by atoms with Gasteiger partial charge in [-0.15, -0.1) is 0 Å². The summed E-state index contributed by atoms with van der Waals surface area (Å²) in [5.74, 6) is 0.438. The molecule has 2 nitrogen and oxygen atoms in total. The van der Waals surface area contributed by atoms with Crippen LogP contribution in [0.15, 0.2) is 36.4 Å². The van der Waals surface area contributed by atoms with Crippen molar-refractivity contribution in [1.29, 1.82) is 0 Å². The molecule has 0 radical (unpaired) electrons. The van der Waals surface area contributed by atoms with Gasteiger partial charge in [-0.25, -0.2) is 4.39 Å². The lowest BCUT2D eigenvalue weighted by Gasteiger charge is -2.12. The van der Waals surface area contributed by atoms with Crippen LogP contribution in [0, 0.1) is 5.82 Å². The molecule has 0 aliphatic rings. The van der Waals surface area contributed by atoms with Crippen molar-refractivity contribution in [2.45, 2.75) is 25.8 Å². The highest BCUT2D eigenvalue weighted by atomic mass is 35.5. The Labute approximate surface area is 133 Å². The molecule has 0 saturated carbocycles. The Morgan fingerprint density at radius 1 is 1.14 bits per heavy atom. The molecule has 0 aliphatic heterocycles. The second kappa shape index (κ2) is 7.12. The largest absolute Gasteiger partial charge is 0.456 e. The van der Waals surface area contributed by atoms with Crippen molar-refractivity contribution in [3.8, 4) is 11.5 Å². The molecule has 0 heterocycles. The molecule has 1 unspecified atom stereocenters. The number of hydrogen-bond donors (Lipinski definition) is 1. The molecule has 0 aromatic heterocycles. The number of halogens is 3. The number of benzene rings is 2. The van der Waals surface area contributed by atoms with Gasteiger partial charge in [0.25, 0.3) is 0 Å². The van der Waals surface area contributed by atoms with Crippen LogP contribution < -0.4 is 10.5 Å². The summed E-state index contributed by atoms with van der Waals surface area (Å²) >= 11 is 11.9. The molecular weight excluding hydrogens is 312 g/mol. The van der Waals surface area contributed by atoms with E-state index in [9.17, 15) is 4.39 Å². The summed E-state index contributed by atoms with van der Waals surface area (Å²) in [4.78, 5) is 0. The Balaban J connectivity index is 2.15. The van der Waals surface area contributed by atoms with Crippen molar-refractivity contribution >= 4 is 23.2 Å². The molecule has 0 saturated heterocycles. The van der Waals surface area contributed by atoms with Crippen LogP contribution in [0.4, 0.5) is 4.39 Å². The van der Waals surface area contributed by atoms with Gasteiger partial charge < -0.3 is 10.5 Å². The molecule has 2 aromatic rings. The van der Waals surface area contributed by atoms with Gasteiger partial charge in [-0.3, -0.25) is 0 Å². The highest BCUT2D eigenvalue weighted by Gasteiger charge is 2.08. The van der Waals surface area contributed by atoms with Crippen LogP contribution in [-0.2, 0) is 6.42 Å². The second-order valence-electron chi connectivity index (χ2n) is 4.82. The first-order valence-corrected chi connectivity index (χ1v) is 7.42. The normalized spacial score (nSPS) is 12.2. The molecule has 21 heavy (non-hydrogen) atoms. The molecule has 1 atom stereocenters. The van der Waals surface area contributed by atoms with Gasteiger partial charge in [-0.05, 0) is 42.7 Å². The summed E-state index contributed by atoms with van der Waals surface area (Å²) in [5.41, 5.74) is 6.98. The summed E-state index contributed by atoms with van der Waals surface area (Å²) < 4.78 is 18.7. The minimum atomic E-state index is -0.487. The van der Waals surface area contributed by atoms with Crippen LogP contribution in [0.3, 0.4) is 0 Å². The third-order valence-electron chi connectivity index (χ3n) is 3.14. The molecule has 0 amide bonds. The lowest BCUT2D eigenvalue weighted by atomic mass is 10.0. The fourth-order valence-corrected chi connectivity index (χ4v) is 2.28. The van der Waals surface area contributed by atoms with Gasteiger partial charge in [0, 0.05) is 12.1 Å². The molecule has 2 aromatic carbocycles. The highest BCUT2D eigenvalue weighted by molar-refractivity contribution is 6.32. The standard InChI is InChI=1S/C16H16Cl2FNO/c1-2-11(20)7-10-3-6-16(14(18)8-10)21-12-4-5-15(19)13(17)9-12/h3-6,8-9,11H,2,7,20H2,1H3. The Morgan fingerprint density at radius 2 is 1.90 bits per heavy atom. The topological polar surface area (TPSA) is 35.2 Å². The first-order chi connectivity index (χ1) is 9.99. The Hall–Kier alpha value is -1.29. The Kier molecular flexibility index (Phi) is 5.45. The number of hydrogen-bond acceptors (Lipinski definition) is 2. The number of nitrogens with two attached hydrogens (primary N) is 1. The van der Waals surface area contributed by atoms with Crippen molar-refractivity contribution in [3.63, 3.8) is 0 Å². The zero-order chi connectivity index (χ0) is 15.4. The van der Waals surface area contributed by atoms with Crippen LogP contribution >= 0.6 is 23.2 Å². The van der Waals surface area contributed by atoms with E-state index >= 15 is 0 Å². The molecule has 2 N–H and O–H groups in total. The van der Waals surface area contributed by atoms with Crippen molar-refractivity contribution in [1.82, 2.24) is 0 Å². The van der Waals surface area contributed by atoms with E-state index in [1.165, 1.54) is 18.2 Å². The minimum absolute atomic E-state index is 0.00848. The average Bonchev–Trinajstić information content (AvgIpc) is 2.45. The predicted octanol–water partition coefficient (Wildman–Crippen LogP) is 5.20. The number of rotatable bonds is 5. The van der Waals surface area contributed by atoms with E-state index in [0.717, 1.165) is 18.4 Å². The fourth-order valence-electron chi connectivity index (χ4n) is 1.87. The molecule has 5 heteroatoms. The molecule has 2 rings (SSSR count). The SMILES string of the molecule is CCC(N)Cc1ccc(Oc2ccc(F)c(Cl)c2)c(Cl)c1. The van der Waals surface area contributed by atoms with E-state index in [-0.39, 0.29) is 11.1 Å². The van der Waals surface area contributed by atoms with E-state index in [4.69, 9.17) is 33.7 Å². The molecule has 0 aliphatic carbocycles. The van der Waals surface area contributed by atoms with Crippen molar-refractivity contribution in [2.24, 2.45) is 5.73 Å². The Morgan fingerprint density at radius 3 is 2.52 bits per heavy atom. The van der Waals surface area contributed by atoms with Gasteiger partial charge in [0.1, 0.15) is 17.3 Å². The van der Waals surface area contributed by atoms with Gasteiger partial charge in [-0.1, -0.05) is 36.2 Å². The third-order valence-corrected chi connectivity index (χ3v) is 3.72. The van der Waals surface area contributed by atoms with Gasteiger partial charge in [0.2, 0.25) is 0 Å². The fraction of sp³-hybridized carbons (Fsp3) is 0.250. The van der Waals surface area contributed by atoms with E-state index < -0.39 is 5.82 Å². The van der Waals surface area contributed by atoms with Crippen molar-refractivity contribution in [2.75, 3.05) is 0 Å². The summed E-state index contributed by atoms with van der Waals surface area (Å²) in [7, 11) is 0. The maximum Gasteiger partial charge on any atom is 0.146 e. The summed E-state index contributed by atoms with van der Waals surface area (Å²) in [5, 5.41) is 0.491. The highest BCUT2D eigenvalue weighted by Crippen LogP contribution is 2.32. The third kappa shape index (κ3) is 4.34. The van der Waals surface area contributed by atoms with Gasteiger partial charge in [0.05, 0.1) is 10.0 Å². The zero-order valence-electron chi connectivity index (χ0n) is 11.6. The second-order valence-corrected chi connectivity index (χ2v) is 5.63. The van der Waals surface area contributed by atoms with Gasteiger partial charge in [-0.2, -0.15) is 0 Å². The van der Waals surface area contributed by atoms with Crippen LogP contribution in [0.1, 0.15) is 18.9 Å². The average molecular weight is 328 g/mol. The van der Waals surface area contributed by atoms with Gasteiger partial charge in [0.15, 0.2) is 0 Å². The predicted molar refractivity (Wildman–Crippen MR) is 84.9 cm³/mol. The molecule has 0 bridgehead atoms. The summed E-state index contributed by atoms with van der Waals surface area (Å²) in [6.45, 7) is 2.04. The van der Waals surface area contributed by atoms with E-state index in [2.05, 4.69) is 0 Å². The van der Waals surface area contributed by atoms with Crippen molar-refractivity contribution < 1.29 is 9.13 Å². The monoisotopic (exact) mass is 327 g/mol. The van der Waals surface area contributed by atoms with Crippen LogP contribution in [0.5, 0.6) is 11.5 Å². The lowest BCUT2D eigenvalue weighted by molar-refractivity contribution is 0.480. The van der Waals surface area contributed by atoms with E-state index in [1.807, 2.05) is 19.1 Å². The smallest absolute Gasteiger partial charge is 0.146 e. The molecule has 0 spiro atoms. The quantitative estimate of drug-likeness (QED) is 0.818. The summed E-state index contributed by atoms with van der Waals surface area (Å²) in [6, 6.07) is 9.80. The van der Waals surface area contributed by atoms with Gasteiger partial charge >= 0.3 is 0 Å². The lowest BCUT2D eigenvalue weighted by Crippen LogP contribution is -2.21.